The van der Waals surface area contributed by atoms with Gasteiger partial charge in [-0.3, -0.25) is 0 Å². The molecule has 1 heterocycles. The third kappa shape index (κ3) is 3.20. The molecule has 112 valence electrons. The lowest BCUT2D eigenvalue weighted by atomic mass is 10.0. The highest BCUT2D eigenvalue weighted by Gasteiger charge is 2.16. The minimum atomic E-state index is -0.350. The first-order valence-electron chi connectivity index (χ1n) is 7.55. The van der Waals surface area contributed by atoms with Crippen LogP contribution in [0, 0.1) is 11.7 Å². The number of aromatic nitrogens is 4. The predicted molar refractivity (Wildman–Crippen MR) is 78.8 cm³/mol. The summed E-state index contributed by atoms with van der Waals surface area (Å²) in [6, 6.07) is 4.31. The lowest BCUT2D eigenvalue weighted by molar-refractivity contribution is 0.444. The molecule has 1 saturated carbocycles. The number of halogens is 1. The average molecular weight is 289 g/mol. The van der Waals surface area contributed by atoms with Crippen LogP contribution < -0.4 is 5.73 Å². The molecule has 3 rings (SSSR count). The molecule has 0 spiro atoms. The number of aryl methyl sites for hydroxylation is 1. The van der Waals surface area contributed by atoms with Crippen molar-refractivity contribution < 1.29 is 4.39 Å². The lowest BCUT2D eigenvalue weighted by Gasteiger charge is -2.10. The quantitative estimate of drug-likeness (QED) is 0.859. The van der Waals surface area contributed by atoms with Crippen molar-refractivity contribution in [2.45, 2.75) is 45.1 Å². The Morgan fingerprint density at radius 1 is 1.29 bits per heavy atom. The topological polar surface area (TPSA) is 69.6 Å². The third-order valence-electron chi connectivity index (χ3n) is 4.24. The van der Waals surface area contributed by atoms with Gasteiger partial charge in [0.25, 0.3) is 0 Å². The number of hydrogen-bond donors (Lipinski definition) is 1. The Morgan fingerprint density at radius 3 is 2.86 bits per heavy atom. The predicted octanol–water partition coefficient (Wildman–Crippen LogP) is 3.03. The van der Waals surface area contributed by atoms with E-state index in [1.165, 1.54) is 44.2 Å². The van der Waals surface area contributed by atoms with Crippen molar-refractivity contribution in [3.8, 4) is 11.4 Å². The molecular formula is C15H20FN5. The maximum Gasteiger partial charge on any atom is 0.184 e. The second-order valence-corrected chi connectivity index (χ2v) is 5.75. The summed E-state index contributed by atoms with van der Waals surface area (Å²) in [6.45, 7) is 0.773. The molecule has 1 aromatic carbocycles. The maximum absolute atomic E-state index is 13.1. The van der Waals surface area contributed by atoms with Crippen LogP contribution in [0.4, 0.5) is 10.1 Å². The molecule has 0 saturated heterocycles. The Kier molecular flexibility index (Phi) is 4.13. The van der Waals surface area contributed by atoms with Crippen LogP contribution in [0.2, 0.25) is 0 Å². The number of benzene rings is 1. The van der Waals surface area contributed by atoms with Gasteiger partial charge in [0.1, 0.15) is 5.82 Å². The van der Waals surface area contributed by atoms with E-state index in [9.17, 15) is 4.39 Å². The van der Waals surface area contributed by atoms with E-state index in [4.69, 9.17) is 5.73 Å². The summed E-state index contributed by atoms with van der Waals surface area (Å²) in [5.74, 6) is 1.12. The van der Waals surface area contributed by atoms with E-state index in [2.05, 4.69) is 15.5 Å². The highest BCUT2D eigenvalue weighted by Crippen LogP contribution is 2.29. The van der Waals surface area contributed by atoms with Gasteiger partial charge >= 0.3 is 0 Å². The molecule has 1 aliphatic rings. The highest BCUT2D eigenvalue weighted by atomic mass is 19.1. The zero-order chi connectivity index (χ0) is 14.7. The van der Waals surface area contributed by atoms with Crippen LogP contribution in [0.1, 0.15) is 38.5 Å². The fourth-order valence-corrected chi connectivity index (χ4v) is 3.11. The van der Waals surface area contributed by atoms with Crippen molar-refractivity contribution in [3.63, 3.8) is 0 Å². The summed E-state index contributed by atoms with van der Waals surface area (Å²) in [5, 5.41) is 11.8. The van der Waals surface area contributed by atoms with Gasteiger partial charge in [-0.05, 0) is 47.4 Å². The van der Waals surface area contributed by atoms with Gasteiger partial charge in [0.2, 0.25) is 0 Å². The van der Waals surface area contributed by atoms with Gasteiger partial charge in [-0.1, -0.05) is 25.7 Å². The SMILES string of the molecule is Nc1cc(F)ccc1-c1nnnn1CCCC1CCCC1. The summed E-state index contributed by atoms with van der Waals surface area (Å²) in [4.78, 5) is 0. The molecule has 5 nitrogen and oxygen atoms in total. The molecule has 0 atom stereocenters. The van der Waals surface area contributed by atoms with E-state index in [0.717, 1.165) is 18.9 Å². The number of nitrogens with zero attached hydrogens (tertiary/aromatic N) is 4. The van der Waals surface area contributed by atoms with Gasteiger partial charge in [-0.2, -0.15) is 0 Å². The molecule has 2 N–H and O–H groups in total. The number of tetrazole rings is 1. The van der Waals surface area contributed by atoms with Crippen molar-refractivity contribution in [1.82, 2.24) is 20.2 Å². The molecule has 0 unspecified atom stereocenters. The molecule has 21 heavy (non-hydrogen) atoms. The van der Waals surface area contributed by atoms with Gasteiger partial charge in [-0.25, -0.2) is 9.07 Å². The van der Waals surface area contributed by atoms with Gasteiger partial charge in [0.15, 0.2) is 5.82 Å². The van der Waals surface area contributed by atoms with E-state index in [1.807, 2.05) is 0 Å². The standard InChI is InChI=1S/C15H20FN5/c16-12-7-8-13(14(17)10-12)15-18-19-20-21(15)9-3-6-11-4-1-2-5-11/h7-8,10-11H,1-6,9,17H2. The molecule has 0 radical (unpaired) electrons. The van der Waals surface area contributed by atoms with E-state index in [-0.39, 0.29) is 5.82 Å². The average Bonchev–Trinajstić information content (AvgIpc) is 3.11. The van der Waals surface area contributed by atoms with Crippen molar-refractivity contribution in [1.29, 1.82) is 0 Å². The van der Waals surface area contributed by atoms with Crippen LogP contribution in [0.15, 0.2) is 18.2 Å². The largest absolute Gasteiger partial charge is 0.398 e. The molecule has 2 aromatic rings. The smallest absolute Gasteiger partial charge is 0.184 e. The second kappa shape index (κ2) is 6.20. The summed E-state index contributed by atoms with van der Waals surface area (Å²) >= 11 is 0. The van der Waals surface area contributed by atoms with E-state index in [0.29, 0.717) is 17.1 Å². The number of rotatable bonds is 5. The summed E-state index contributed by atoms with van der Waals surface area (Å²) < 4.78 is 14.9. The van der Waals surface area contributed by atoms with Crippen molar-refractivity contribution >= 4 is 5.69 Å². The Labute approximate surface area is 123 Å². The third-order valence-corrected chi connectivity index (χ3v) is 4.24. The number of anilines is 1. The molecule has 1 aliphatic carbocycles. The Bertz CT molecular complexity index is 604. The summed E-state index contributed by atoms with van der Waals surface area (Å²) in [6.07, 6.45) is 7.72. The highest BCUT2D eigenvalue weighted by molar-refractivity contribution is 5.71. The van der Waals surface area contributed by atoms with Gasteiger partial charge < -0.3 is 5.73 Å². The van der Waals surface area contributed by atoms with Crippen LogP contribution in [-0.2, 0) is 6.54 Å². The van der Waals surface area contributed by atoms with Crippen LogP contribution in [0.5, 0.6) is 0 Å². The fourth-order valence-electron chi connectivity index (χ4n) is 3.11. The fraction of sp³-hybridized carbons (Fsp3) is 0.533. The van der Waals surface area contributed by atoms with Crippen molar-refractivity contribution in [3.05, 3.63) is 24.0 Å². The van der Waals surface area contributed by atoms with E-state index in [1.54, 1.807) is 10.7 Å². The number of hydrogen-bond acceptors (Lipinski definition) is 4. The molecule has 0 aliphatic heterocycles. The molecule has 0 bridgehead atoms. The van der Waals surface area contributed by atoms with Crippen LogP contribution in [-0.4, -0.2) is 20.2 Å². The normalized spacial score (nSPS) is 15.7. The van der Waals surface area contributed by atoms with Crippen LogP contribution >= 0.6 is 0 Å². The van der Waals surface area contributed by atoms with Gasteiger partial charge in [0, 0.05) is 17.8 Å². The number of nitrogens with two attached hydrogens (primary N) is 1. The molecule has 6 heteroatoms. The first kappa shape index (κ1) is 14.0. The molecular weight excluding hydrogens is 269 g/mol. The zero-order valence-corrected chi connectivity index (χ0v) is 12.0. The monoisotopic (exact) mass is 289 g/mol. The maximum atomic E-state index is 13.1. The Balaban J connectivity index is 1.68. The first-order valence-corrected chi connectivity index (χ1v) is 7.55. The Hall–Kier alpha value is -1.98. The van der Waals surface area contributed by atoms with Gasteiger partial charge in [0.05, 0.1) is 0 Å². The molecule has 1 fully saturated rings. The minimum Gasteiger partial charge on any atom is -0.398 e. The first-order chi connectivity index (χ1) is 10.2. The summed E-state index contributed by atoms with van der Waals surface area (Å²) in [5.41, 5.74) is 6.91. The zero-order valence-electron chi connectivity index (χ0n) is 12.0. The van der Waals surface area contributed by atoms with Crippen LogP contribution in [0.3, 0.4) is 0 Å². The van der Waals surface area contributed by atoms with Crippen molar-refractivity contribution in [2.75, 3.05) is 5.73 Å². The number of nitrogen functional groups attached to an aromatic ring is 1. The molecule has 1 aromatic heterocycles. The van der Waals surface area contributed by atoms with Crippen molar-refractivity contribution in [2.24, 2.45) is 5.92 Å². The van der Waals surface area contributed by atoms with E-state index >= 15 is 0 Å². The van der Waals surface area contributed by atoms with E-state index < -0.39 is 0 Å². The second-order valence-electron chi connectivity index (χ2n) is 5.75. The van der Waals surface area contributed by atoms with Gasteiger partial charge in [-0.15, -0.1) is 5.10 Å². The van der Waals surface area contributed by atoms with Crippen LogP contribution in [0.25, 0.3) is 11.4 Å². The Morgan fingerprint density at radius 2 is 2.10 bits per heavy atom. The minimum absolute atomic E-state index is 0.350. The lowest BCUT2D eigenvalue weighted by Crippen LogP contribution is -2.06. The summed E-state index contributed by atoms with van der Waals surface area (Å²) in [7, 11) is 0. The molecule has 0 amide bonds.